The van der Waals surface area contributed by atoms with Gasteiger partial charge in [0.05, 0.1) is 11.8 Å². The molecule has 1 heterocycles. The van der Waals surface area contributed by atoms with Crippen LogP contribution >= 0.6 is 0 Å². The van der Waals surface area contributed by atoms with Crippen molar-refractivity contribution >= 4 is 0 Å². The molecule has 0 atom stereocenters. The minimum Gasteiger partial charge on any atom is -0.261 e. The highest BCUT2D eigenvalue weighted by atomic mass is 19.4. The molecule has 60 valence electrons. The van der Waals surface area contributed by atoms with Crippen LogP contribution in [0.25, 0.3) is 0 Å². The van der Waals surface area contributed by atoms with E-state index in [-0.39, 0.29) is 0 Å². The maximum atomic E-state index is 12.1. The van der Waals surface area contributed by atoms with Gasteiger partial charge in [0.2, 0.25) is 0 Å². The quantitative estimate of drug-likeness (QED) is 0.537. The van der Waals surface area contributed by atoms with E-state index >= 15 is 0 Å². The van der Waals surface area contributed by atoms with E-state index in [1.54, 1.807) is 0 Å². The Morgan fingerprint density at radius 2 is 1.82 bits per heavy atom. The van der Waals surface area contributed by atoms with Gasteiger partial charge in [0.25, 0.3) is 0 Å². The van der Waals surface area contributed by atoms with E-state index in [9.17, 15) is 17.6 Å². The van der Waals surface area contributed by atoms with Crippen molar-refractivity contribution in [3.8, 4) is 0 Å². The lowest BCUT2D eigenvalue weighted by molar-refractivity contribution is -0.138. The van der Waals surface area contributed by atoms with Crippen molar-refractivity contribution in [3.05, 3.63) is 29.8 Å². The zero-order chi connectivity index (χ0) is 8.48. The van der Waals surface area contributed by atoms with Crippen LogP contribution in [0, 0.1) is 5.82 Å². The van der Waals surface area contributed by atoms with Crippen molar-refractivity contribution in [1.82, 2.24) is 4.98 Å². The number of alkyl halides is 3. The first kappa shape index (κ1) is 7.97. The van der Waals surface area contributed by atoms with Crippen molar-refractivity contribution in [2.45, 2.75) is 6.18 Å². The van der Waals surface area contributed by atoms with Gasteiger partial charge in [-0.15, -0.1) is 0 Å². The van der Waals surface area contributed by atoms with E-state index in [0.717, 1.165) is 6.20 Å². The first-order valence-corrected chi connectivity index (χ1v) is 2.68. The van der Waals surface area contributed by atoms with Crippen LogP contribution in [0.1, 0.15) is 5.56 Å². The van der Waals surface area contributed by atoms with Gasteiger partial charge in [0.15, 0.2) is 0 Å². The second-order valence-corrected chi connectivity index (χ2v) is 1.89. The fraction of sp³-hybridized carbons (Fsp3) is 0.167. The Balaban J connectivity index is 3.06. The monoisotopic (exact) mass is 165 g/mol. The van der Waals surface area contributed by atoms with Crippen molar-refractivity contribution in [2.24, 2.45) is 0 Å². The number of nitrogens with zero attached hydrogens (tertiary/aromatic N) is 1. The summed E-state index contributed by atoms with van der Waals surface area (Å²) in [5.41, 5.74) is -1.07. The fourth-order valence-electron chi connectivity index (χ4n) is 0.567. The molecule has 0 unspecified atom stereocenters. The zero-order valence-electron chi connectivity index (χ0n) is 5.19. The Hall–Kier alpha value is -1.13. The maximum Gasteiger partial charge on any atom is 0.417 e. The molecule has 0 bridgehead atoms. The van der Waals surface area contributed by atoms with Crippen LogP contribution in [0.5, 0.6) is 0 Å². The van der Waals surface area contributed by atoms with Gasteiger partial charge in [-0.25, -0.2) is 4.39 Å². The van der Waals surface area contributed by atoms with Gasteiger partial charge in [0, 0.05) is 6.20 Å². The molecular weight excluding hydrogens is 162 g/mol. The standard InChI is InChI=1S/C6H3F4N/c7-5-1-4(2-11-3-5)6(8,9)10/h1-3H. The molecule has 1 aromatic rings. The number of pyridine rings is 1. The Labute approximate surface area is 59.7 Å². The third-order valence-electron chi connectivity index (χ3n) is 1.03. The third-order valence-corrected chi connectivity index (χ3v) is 1.03. The van der Waals surface area contributed by atoms with Crippen molar-refractivity contribution < 1.29 is 17.6 Å². The van der Waals surface area contributed by atoms with Crippen molar-refractivity contribution in [2.75, 3.05) is 0 Å². The van der Waals surface area contributed by atoms with Gasteiger partial charge >= 0.3 is 6.18 Å². The molecule has 1 aromatic heterocycles. The first-order chi connectivity index (χ1) is 5.00. The molecule has 0 fully saturated rings. The molecule has 0 amide bonds. The molecule has 0 N–H and O–H groups in total. The zero-order valence-corrected chi connectivity index (χ0v) is 5.19. The molecule has 0 aliphatic rings. The number of halogens is 4. The summed E-state index contributed by atoms with van der Waals surface area (Å²) >= 11 is 0. The Morgan fingerprint density at radius 3 is 2.18 bits per heavy atom. The molecule has 5 heteroatoms. The van der Waals surface area contributed by atoms with Crippen LogP contribution in [0.15, 0.2) is 18.5 Å². The number of hydrogen-bond acceptors (Lipinski definition) is 1. The highest BCUT2D eigenvalue weighted by molar-refractivity contribution is 5.13. The molecule has 0 aliphatic carbocycles. The van der Waals surface area contributed by atoms with Gasteiger partial charge in [-0.05, 0) is 6.07 Å². The number of hydrogen-bond donors (Lipinski definition) is 0. The van der Waals surface area contributed by atoms with E-state index in [2.05, 4.69) is 4.98 Å². The fourth-order valence-corrected chi connectivity index (χ4v) is 0.567. The van der Waals surface area contributed by atoms with Gasteiger partial charge in [0.1, 0.15) is 5.82 Å². The molecule has 1 nitrogen and oxygen atoms in total. The molecule has 0 saturated carbocycles. The smallest absolute Gasteiger partial charge is 0.261 e. The molecule has 0 radical (unpaired) electrons. The summed E-state index contributed by atoms with van der Waals surface area (Å²) in [6.45, 7) is 0. The number of rotatable bonds is 0. The van der Waals surface area contributed by atoms with Crippen LogP contribution in [-0.2, 0) is 6.18 Å². The summed E-state index contributed by atoms with van der Waals surface area (Å²) in [7, 11) is 0. The minimum atomic E-state index is -4.52. The van der Waals surface area contributed by atoms with Crippen LogP contribution in [0.4, 0.5) is 17.6 Å². The van der Waals surface area contributed by atoms with E-state index in [1.807, 2.05) is 0 Å². The minimum absolute atomic E-state index is 0.396. The van der Waals surface area contributed by atoms with Crippen molar-refractivity contribution in [1.29, 1.82) is 0 Å². The SMILES string of the molecule is Fc1cncc(C(F)(F)F)c1. The average molecular weight is 165 g/mol. The topological polar surface area (TPSA) is 12.9 Å². The van der Waals surface area contributed by atoms with E-state index in [0.29, 0.717) is 12.3 Å². The molecule has 0 saturated heterocycles. The lowest BCUT2D eigenvalue weighted by Gasteiger charge is -2.04. The Bertz CT molecular complexity index is 255. The summed E-state index contributed by atoms with van der Waals surface area (Å²) in [6.07, 6.45) is -3.23. The number of aromatic nitrogens is 1. The molecule has 0 aromatic carbocycles. The summed E-state index contributed by atoms with van der Waals surface area (Å²) < 4.78 is 47.4. The van der Waals surface area contributed by atoms with Gasteiger partial charge < -0.3 is 0 Å². The second kappa shape index (κ2) is 2.48. The van der Waals surface area contributed by atoms with E-state index in [1.165, 1.54) is 0 Å². The van der Waals surface area contributed by atoms with Crippen LogP contribution in [0.2, 0.25) is 0 Å². The predicted molar refractivity (Wildman–Crippen MR) is 29.2 cm³/mol. The molecular formula is C6H3F4N. The average Bonchev–Trinajstić information content (AvgIpc) is 1.86. The molecule has 1 rings (SSSR count). The van der Waals surface area contributed by atoms with Gasteiger partial charge in [-0.3, -0.25) is 4.98 Å². The first-order valence-electron chi connectivity index (χ1n) is 2.68. The van der Waals surface area contributed by atoms with E-state index < -0.39 is 17.6 Å². The van der Waals surface area contributed by atoms with Crippen LogP contribution in [-0.4, -0.2) is 4.98 Å². The third kappa shape index (κ3) is 1.89. The van der Waals surface area contributed by atoms with Crippen LogP contribution < -0.4 is 0 Å². The summed E-state index contributed by atoms with van der Waals surface area (Å²) in [5.74, 6) is -0.986. The predicted octanol–water partition coefficient (Wildman–Crippen LogP) is 2.24. The molecule has 11 heavy (non-hydrogen) atoms. The van der Waals surface area contributed by atoms with Crippen molar-refractivity contribution in [3.63, 3.8) is 0 Å². The lowest BCUT2D eigenvalue weighted by Crippen LogP contribution is -2.05. The Morgan fingerprint density at radius 1 is 1.18 bits per heavy atom. The lowest BCUT2D eigenvalue weighted by atomic mass is 10.3. The van der Waals surface area contributed by atoms with Gasteiger partial charge in [-0.1, -0.05) is 0 Å². The summed E-state index contributed by atoms with van der Waals surface area (Å²) in [4.78, 5) is 3.06. The molecule has 0 aliphatic heterocycles. The normalized spacial score (nSPS) is 11.6. The van der Waals surface area contributed by atoms with E-state index in [4.69, 9.17) is 0 Å². The summed E-state index contributed by atoms with van der Waals surface area (Å²) in [5, 5.41) is 0. The molecule has 0 spiro atoms. The summed E-state index contributed by atoms with van der Waals surface area (Å²) in [6, 6.07) is 0.396. The largest absolute Gasteiger partial charge is 0.417 e. The highest BCUT2D eigenvalue weighted by Crippen LogP contribution is 2.28. The van der Waals surface area contributed by atoms with Crippen LogP contribution in [0.3, 0.4) is 0 Å². The van der Waals surface area contributed by atoms with Gasteiger partial charge in [-0.2, -0.15) is 13.2 Å². The Kier molecular flexibility index (Phi) is 1.80. The second-order valence-electron chi connectivity index (χ2n) is 1.89. The maximum absolute atomic E-state index is 12.1. The highest BCUT2D eigenvalue weighted by Gasteiger charge is 2.30.